The second-order valence-electron chi connectivity index (χ2n) is 6.99. The topological polar surface area (TPSA) is 37.4 Å². The van der Waals surface area contributed by atoms with E-state index in [0.29, 0.717) is 12.5 Å². The molecule has 1 aromatic carbocycles. The molecule has 0 radical (unpaired) electrons. The first-order chi connectivity index (χ1) is 11.0. The number of rotatable bonds is 8. The lowest BCUT2D eigenvalue weighted by Crippen LogP contribution is -2.34. The van der Waals surface area contributed by atoms with Crippen molar-refractivity contribution < 1.29 is 8.42 Å². The van der Waals surface area contributed by atoms with Gasteiger partial charge in [-0.05, 0) is 30.4 Å². The highest BCUT2D eigenvalue weighted by molar-refractivity contribution is 7.92. The van der Waals surface area contributed by atoms with E-state index in [0.717, 1.165) is 24.4 Å². The van der Waals surface area contributed by atoms with Crippen LogP contribution in [0.4, 0.5) is 5.69 Å². The summed E-state index contributed by atoms with van der Waals surface area (Å²) in [6.45, 7) is 2.78. The summed E-state index contributed by atoms with van der Waals surface area (Å²) in [6, 6.07) is 9.49. The largest absolute Gasteiger partial charge is 0.270 e. The standard InChI is InChI=1S/C19H31NO2S/c1-3-17(14-15-18-10-6-4-7-11-18)16-20(23(2,21)22)19-12-8-5-9-13-19/h5,8-9,12-13,17-18H,3-4,6-7,10-11,14-16H2,1-2H3/t17-/m0/s1. The maximum Gasteiger partial charge on any atom is 0.232 e. The quantitative estimate of drug-likeness (QED) is 0.680. The van der Waals surface area contributed by atoms with E-state index in [2.05, 4.69) is 6.92 Å². The van der Waals surface area contributed by atoms with Gasteiger partial charge < -0.3 is 0 Å². The van der Waals surface area contributed by atoms with Gasteiger partial charge in [0.05, 0.1) is 11.9 Å². The Kier molecular flexibility index (Phi) is 6.94. The molecule has 0 bridgehead atoms. The fraction of sp³-hybridized carbons (Fsp3) is 0.684. The van der Waals surface area contributed by atoms with Crippen LogP contribution in [0.1, 0.15) is 58.3 Å². The molecule has 4 heteroatoms. The molecule has 1 aliphatic carbocycles. The molecule has 0 aliphatic heterocycles. The van der Waals surface area contributed by atoms with Gasteiger partial charge in [0, 0.05) is 6.54 Å². The Morgan fingerprint density at radius 3 is 2.35 bits per heavy atom. The number of sulfonamides is 1. The van der Waals surface area contributed by atoms with E-state index in [-0.39, 0.29) is 0 Å². The van der Waals surface area contributed by atoms with E-state index in [1.807, 2.05) is 30.3 Å². The summed E-state index contributed by atoms with van der Waals surface area (Å²) in [5.41, 5.74) is 0.783. The number of hydrogen-bond donors (Lipinski definition) is 0. The zero-order valence-electron chi connectivity index (χ0n) is 14.6. The fourth-order valence-electron chi connectivity index (χ4n) is 3.63. The van der Waals surface area contributed by atoms with E-state index in [1.165, 1.54) is 44.8 Å². The minimum Gasteiger partial charge on any atom is -0.270 e. The van der Waals surface area contributed by atoms with Gasteiger partial charge in [-0.25, -0.2) is 8.42 Å². The first kappa shape index (κ1) is 18.3. The summed E-state index contributed by atoms with van der Waals surface area (Å²) in [4.78, 5) is 0. The molecule has 0 saturated heterocycles. The molecular formula is C19H31NO2S. The van der Waals surface area contributed by atoms with Gasteiger partial charge in [0.2, 0.25) is 10.0 Å². The molecule has 0 heterocycles. The van der Waals surface area contributed by atoms with E-state index >= 15 is 0 Å². The Hall–Kier alpha value is -1.03. The maximum atomic E-state index is 12.2. The molecule has 23 heavy (non-hydrogen) atoms. The number of benzene rings is 1. The van der Waals surface area contributed by atoms with E-state index in [4.69, 9.17) is 0 Å². The first-order valence-electron chi connectivity index (χ1n) is 9.03. The molecule has 2 rings (SSSR count). The van der Waals surface area contributed by atoms with Gasteiger partial charge in [0.25, 0.3) is 0 Å². The van der Waals surface area contributed by atoms with Gasteiger partial charge in [-0.2, -0.15) is 0 Å². The fourth-order valence-corrected chi connectivity index (χ4v) is 4.62. The van der Waals surface area contributed by atoms with Crippen molar-refractivity contribution in [3.63, 3.8) is 0 Å². The second-order valence-corrected chi connectivity index (χ2v) is 8.89. The summed E-state index contributed by atoms with van der Waals surface area (Å²) in [5, 5.41) is 0. The monoisotopic (exact) mass is 337 g/mol. The molecule has 1 fully saturated rings. The number of para-hydroxylation sites is 1. The summed E-state index contributed by atoms with van der Waals surface area (Å²) in [5.74, 6) is 1.30. The van der Waals surface area contributed by atoms with Gasteiger partial charge >= 0.3 is 0 Å². The van der Waals surface area contributed by atoms with Gasteiger partial charge in [0.15, 0.2) is 0 Å². The SMILES string of the molecule is CC[C@@H](CCC1CCCCC1)CN(c1ccccc1)S(C)(=O)=O. The van der Waals surface area contributed by atoms with Gasteiger partial charge in [-0.3, -0.25) is 4.31 Å². The van der Waals surface area contributed by atoms with Crippen LogP contribution in [0.15, 0.2) is 30.3 Å². The van der Waals surface area contributed by atoms with Crippen LogP contribution in [0.25, 0.3) is 0 Å². The number of nitrogens with zero attached hydrogens (tertiary/aromatic N) is 1. The average molecular weight is 338 g/mol. The summed E-state index contributed by atoms with van der Waals surface area (Å²) < 4.78 is 26.0. The van der Waals surface area contributed by atoms with Crippen LogP contribution in [0.2, 0.25) is 0 Å². The van der Waals surface area contributed by atoms with Crippen molar-refractivity contribution in [3.8, 4) is 0 Å². The maximum absolute atomic E-state index is 12.2. The highest BCUT2D eigenvalue weighted by Gasteiger charge is 2.22. The van der Waals surface area contributed by atoms with Crippen molar-refractivity contribution in [1.82, 2.24) is 0 Å². The van der Waals surface area contributed by atoms with Crippen molar-refractivity contribution in [2.24, 2.45) is 11.8 Å². The van der Waals surface area contributed by atoms with Gasteiger partial charge in [-0.15, -0.1) is 0 Å². The number of hydrogen-bond acceptors (Lipinski definition) is 2. The van der Waals surface area contributed by atoms with Crippen LogP contribution in [0.3, 0.4) is 0 Å². The highest BCUT2D eigenvalue weighted by Crippen LogP contribution is 2.30. The van der Waals surface area contributed by atoms with Crippen molar-refractivity contribution in [1.29, 1.82) is 0 Å². The first-order valence-corrected chi connectivity index (χ1v) is 10.9. The molecule has 1 saturated carbocycles. The average Bonchev–Trinajstić information content (AvgIpc) is 2.55. The number of anilines is 1. The highest BCUT2D eigenvalue weighted by atomic mass is 32.2. The van der Waals surface area contributed by atoms with Crippen molar-refractivity contribution in [2.45, 2.75) is 58.3 Å². The summed E-state index contributed by atoms with van der Waals surface area (Å²) in [6.07, 6.45) is 11.6. The van der Waals surface area contributed by atoms with Crippen LogP contribution in [0.5, 0.6) is 0 Å². The molecule has 0 amide bonds. The van der Waals surface area contributed by atoms with Gasteiger partial charge in [-0.1, -0.05) is 70.1 Å². The predicted octanol–water partition coefficient (Wildman–Crippen LogP) is 4.84. The van der Waals surface area contributed by atoms with Crippen LogP contribution in [-0.4, -0.2) is 21.2 Å². The Morgan fingerprint density at radius 1 is 1.13 bits per heavy atom. The van der Waals surface area contributed by atoms with E-state index < -0.39 is 10.0 Å². The Labute approximate surface area is 142 Å². The molecule has 1 aliphatic rings. The minimum absolute atomic E-state index is 0.437. The minimum atomic E-state index is -3.23. The third-order valence-electron chi connectivity index (χ3n) is 5.15. The Bertz CT molecular complexity index is 550. The molecule has 0 spiro atoms. The molecule has 3 nitrogen and oxygen atoms in total. The van der Waals surface area contributed by atoms with Crippen molar-refractivity contribution >= 4 is 15.7 Å². The van der Waals surface area contributed by atoms with Crippen molar-refractivity contribution in [2.75, 3.05) is 17.1 Å². The second kappa shape index (κ2) is 8.72. The van der Waals surface area contributed by atoms with Gasteiger partial charge in [0.1, 0.15) is 0 Å². The Morgan fingerprint density at radius 2 is 1.78 bits per heavy atom. The lowest BCUT2D eigenvalue weighted by atomic mass is 9.84. The van der Waals surface area contributed by atoms with E-state index in [1.54, 1.807) is 4.31 Å². The molecule has 0 unspecified atom stereocenters. The Balaban J connectivity index is 1.98. The zero-order valence-corrected chi connectivity index (χ0v) is 15.4. The predicted molar refractivity (Wildman–Crippen MR) is 98.2 cm³/mol. The summed E-state index contributed by atoms with van der Waals surface area (Å²) in [7, 11) is -3.23. The van der Waals surface area contributed by atoms with E-state index in [9.17, 15) is 8.42 Å². The lowest BCUT2D eigenvalue weighted by molar-refractivity contribution is 0.307. The molecule has 1 atom stereocenters. The van der Waals surface area contributed by atoms with Crippen LogP contribution < -0.4 is 4.31 Å². The third-order valence-corrected chi connectivity index (χ3v) is 6.31. The summed E-state index contributed by atoms with van der Waals surface area (Å²) >= 11 is 0. The third kappa shape index (κ3) is 5.83. The normalized spacial score (nSPS) is 17.8. The molecular weight excluding hydrogens is 306 g/mol. The molecule has 0 N–H and O–H groups in total. The van der Waals surface area contributed by atoms with Crippen LogP contribution in [-0.2, 0) is 10.0 Å². The molecule has 130 valence electrons. The molecule has 1 aromatic rings. The van der Waals surface area contributed by atoms with Crippen LogP contribution in [0, 0.1) is 11.8 Å². The zero-order chi connectivity index (χ0) is 16.7. The smallest absolute Gasteiger partial charge is 0.232 e. The molecule has 0 aromatic heterocycles. The lowest BCUT2D eigenvalue weighted by Gasteiger charge is -2.29. The van der Waals surface area contributed by atoms with Crippen molar-refractivity contribution in [3.05, 3.63) is 30.3 Å². The van der Waals surface area contributed by atoms with Crippen LogP contribution >= 0.6 is 0 Å².